The lowest BCUT2D eigenvalue weighted by Gasteiger charge is -2.28. The normalized spacial score (nSPS) is 20.6. The van der Waals surface area contributed by atoms with E-state index in [1.54, 1.807) is 5.56 Å². The standard InChI is InChI=1S/C13H19N/c1-4-13-12-8-9(2)7-10(3)11(12)5-6-14-13/h7-8,13-14H,4-6H2,1-3H3. The first-order valence-corrected chi connectivity index (χ1v) is 5.55. The molecule has 0 aliphatic carbocycles. The van der Waals surface area contributed by atoms with Gasteiger partial charge in [-0.15, -0.1) is 0 Å². The Bertz CT molecular complexity index is 341. The molecule has 0 amide bonds. The molecule has 1 heteroatoms. The van der Waals surface area contributed by atoms with E-state index in [1.165, 1.54) is 29.5 Å². The third kappa shape index (κ3) is 1.57. The van der Waals surface area contributed by atoms with E-state index < -0.39 is 0 Å². The van der Waals surface area contributed by atoms with Crippen LogP contribution in [0.4, 0.5) is 0 Å². The van der Waals surface area contributed by atoms with Crippen molar-refractivity contribution in [1.29, 1.82) is 0 Å². The molecule has 0 saturated carbocycles. The van der Waals surface area contributed by atoms with E-state index in [1.807, 2.05) is 0 Å². The zero-order chi connectivity index (χ0) is 10.1. The van der Waals surface area contributed by atoms with E-state index in [9.17, 15) is 0 Å². The first-order chi connectivity index (χ1) is 6.72. The third-order valence-corrected chi connectivity index (χ3v) is 3.20. The van der Waals surface area contributed by atoms with Crippen molar-refractivity contribution in [3.63, 3.8) is 0 Å². The molecule has 14 heavy (non-hydrogen) atoms. The van der Waals surface area contributed by atoms with E-state index in [0.717, 1.165) is 6.54 Å². The number of fused-ring (bicyclic) bond motifs is 1. The molecule has 0 saturated heterocycles. The van der Waals surface area contributed by atoms with E-state index in [0.29, 0.717) is 6.04 Å². The molecule has 2 rings (SSSR count). The summed E-state index contributed by atoms with van der Waals surface area (Å²) < 4.78 is 0. The molecule has 0 fully saturated rings. The highest BCUT2D eigenvalue weighted by Gasteiger charge is 2.19. The largest absolute Gasteiger partial charge is 0.310 e. The second kappa shape index (κ2) is 3.74. The maximum Gasteiger partial charge on any atom is 0.0320 e. The monoisotopic (exact) mass is 189 g/mol. The Hall–Kier alpha value is -0.820. The molecular weight excluding hydrogens is 170 g/mol. The fourth-order valence-corrected chi connectivity index (χ4v) is 2.53. The quantitative estimate of drug-likeness (QED) is 0.716. The maximum atomic E-state index is 3.58. The Balaban J connectivity index is 2.51. The van der Waals surface area contributed by atoms with Crippen molar-refractivity contribution in [1.82, 2.24) is 5.32 Å². The number of hydrogen-bond acceptors (Lipinski definition) is 1. The first kappa shape index (κ1) is 9.72. The third-order valence-electron chi connectivity index (χ3n) is 3.20. The summed E-state index contributed by atoms with van der Waals surface area (Å²) >= 11 is 0. The van der Waals surface area contributed by atoms with Crippen molar-refractivity contribution < 1.29 is 0 Å². The summed E-state index contributed by atoms with van der Waals surface area (Å²) in [5.74, 6) is 0. The van der Waals surface area contributed by atoms with Crippen LogP contribution in [0.2, 0.25) is 0 Å². The van der Waals surface area contributed by atoms with Crippen LogP contribution in [0, 0.1) is 13.8 Å². The first-order valence-electron chi connectivity index (χ1n) is 5.55. The fraction of sp³-hybridized carbons (Fsp3) is 0.538. The Morgan fingerprint density at radius 3 is 2.86 bits per heavy atom. The van der Waals surface area contributed by atoms with Gasteiger partial charge >= 0.3 is 0 Å². The fourth-order valence-electron chi connectivity index (χ4n) is 2.53. The Morgan fingerprint density at radius 2 is 2.14 bits per heavy atom. The molecule has 0 radical (unpaired) electrons. The molecule has 1 aromatic carbocycles. The van der Waals surface area contributed by atoms with Crippen LogP contribution in [0.1, 0.15) is 41.6 Å². The van der Waals surface area contributed by atoms with Crippen molar-refractivity contribution in [2.75, 3.05) is 6.54 Å². The minimum atomic E-state index is 0.581. The van der Waals surface area contributed by atoms with E-state index in [4.69, 9.17) is 0 Å². The summed E-state index contributed by atoms with van der Waals surface area (Å²) in [5, 5.41) is 3.58. The van der Waals surface area contributed by atoms with Crippen LogP contribution in [0.25, 0.3) is 0 Å². The SMILES string of the molecule is CCC1NCCc2c(C)cc(C)cc21. The van der Waals surface area contributed by atoms with Gasteiger partial charge in [0.15, 0.2) is 0 Å². The van der Waals surface area contributed by atoms with Gasteiger partial charge in [-0.3, -0.25) is 0 Å². The number of hydrogen-bond donors (Lipinski definition) is 1. The van der Waals surface area contributed by atoms with Crippen molar-refractivity contribution in [3.05, 3.63) is 34.4 Å². The van der Waals surface area contributed by atoms with Gasteiger partial charge in [-0.1, -0.05) is 24.6 Å². The second-order valence-electron chi connectivity index (χ2n) is 4.31. The summed E-state index contributed by atoms with van der Waals surface area (Å²) in [6, 6.07) is 5.23. The van der Waals surface area contributed by atoms with Crippen LogP contribution >= 0.6 is 0 Å². The molecular formula is C13H19N. The summed E-state index contributed by atoms with van der Waals surface area (Å²) in [4.78, 5) is 0. The predicted molar refractivity (Wildman–Crippen MR) is 60.7 cm³/mol. The van der Waals surface area contributed by atoms with Gasteiger partial charge in [0, 0.05) is 6.04 Å². The lowest BCUT2D eigenvalue weighted by Crippen LogP contribution is -2.30. The summed E-state index contributed by atoms with van der Waals surface area (Å²) in [6.45, 7) is 7.82. The van der Waals surface area contributed by atoms with Gasteiger partial charge in [0.1, 0.15) is 0 Å². The Kier molecular flexibility index (Phi) is 2.60. The highest BCUT2D eigenvalue weighted by atomic mass is 14.9. The van der Waals surface area contributed by atoms with Crippen LogP contribution in [0.5, 0.6) is 0 Å². The number of rotatable bonds is 1. The second-order valence-corrected chi connectivity index (χ2v) is 4.31. The van der Waals surface area contributed by atoms with Gasteiger partial charge in [0.05, 0.1) is 0 Å². The minimum Gasteiger partial charge on any atom is -0.310 e. The summed E-state index contributed by atoms with van der Waals surface area (Å²) in [5.41, 5.74) is 5.99. The molecule has 1 atom stereocenters. The zero-order valence-corrected chi connectivity index (χ0v) is 9.35. The molecule has 0 bridgehead atoms. The van der Waals surface area contributed by atoms with Crippen molar-refractivity contribution >= 4 is 0 Å². The number of aryl methyl sites for hydroxylation is 2. The topological polar surface area (TPSA) is 12.0 Å². The number of benzene rings is 1. The van der Waals surface area contributed by atoms with Gasteiger partial charge < -0.3 is 5.32 Å². The van der Waals surface area contributed by atoms with Gasteiger partial charge in [-0.05, 0) is 49.9 Å². The lowest BCUT2D eigenvalue weighted by atomic mass is 9.88. The molecule has 1 N–H and O–H groups in total. The highest BCUT2D eigenvalue weighted by molar-refractivity contribution is 5.41. The summed E-state index contributed by atoms with van der Waals surface area (Å²) in [6.07, 6.45) is 2.38. The average Bonchev–Trinajstić information content (AvgIpc) is 2.17. The molecule has 1 unspecified atom stereocenters. The van der Waals surface area contributed by atoms with Gasteiger partial charge in [0.2, 0.25) is 0 Å². The lowest BCUT2D eigenvalue weighted by molar-refractivity contribution is 0.491. The summed E-state index contributed by atoms with van der Waals surface area (Å²) in [7, 11) is 0. The van der Waals surface area contributed by atoms with Crippen molar-refractivity contribution in [3.8, 4) is 0 Å². The van der Waals surface area contributed by atoms with Gasteiger partial charge in [-0.25, -0.2) is 0 Å². The molecule has 1 nitrogen and oxygen atoms in total. The van der Waals surface area contributed by atoms with E-state index in [2.05, 4.69) is 38.2 Å². The molecule has 0 aromatic heterocycles. The van der Waals surface area contributed by atoms with Crippen LogP contribution in [0.3, 0.4) is 0 Å². The highest BCUT2D eigenvalue weighted by Crippen LogP contribution is 2.28. The average molecular weight is 189 g/mol. The van der Waals surface area contributed by atoms with Gasteiger partial charge in [0.25, 0.3) is 0 Å². The smallest absolute Gasteiger partial charge is 0.0320 e. The Labute approximate surface area is 86.5 Å². The predicted octanol–water partition coefficient (Wildman–Crippen LogP) is 2.90. The molecule has 1 aliphatic heterocycles. The van der Waals surface area contributed by atoms with Crippen molar-refractivity contribution in [2.24, 2.45) is 0 Å². The zero-order valence-electron chi connectivity index (χ0n) is 9.35. The molecule has 1 heterocycles. The molecule has 1 aliphatic rings. The Morgan fingerprint density at radius 1 is 1.36 bits per heavy atom. The van der Waals surface area contributed by atoms with Crippen molar-refractivity contribution in [2.45, 2.75) is 39.7 Å². The number of nitrogens with one attached hydrogen (secondary N) is 1. The minimum absolute atomic E-state index is 0.581. The van der Waals surface area contributed by atoms with Crippen LogP contribution < -0.4 is 5.32 Å². The molecule has 1 aromatic rings. The van der Waals surface area contributed by atoms with Crippen LogP contribution in [-0.2, 0) is 6.42 Å². The molecule has 76 valence electrons. The van der Waals surface area contributed by atoms with E-state index in [-0.39, 0.29) is 0 Å². The van der Waals surface area contributed by atoms with Crippen LogP contribution in [0.15, 0.2) is 12.1 Å². The van der Waals surface area contributed by atoms with Crippen LogP contribution in [-0.4, -0.2) is 6.54 Å². The van der Waals surface area contributed by atoms with E-state index >= 15 is 0 Å². The maximum absolute atomic E-state index is 3.58. The molecule has 0 spiro atoms. The van der Waals surface area contributed by atoms with Gasteiger partial charge in [-0.2, -0.15) is 0 Å².